The van der Waals surface area contributed by atoms with Gasteiger partial charge in [0.1, 0.15) is 5.75 Å². The first-order valence-corrected chi connectivity index (χ1v) is 8.60. The van der Waals surface area contributed by atoms with Crippen molar-refractivity contribution in [2.75, 3.05) is 17.7 Å². The zero-order valence-corrected chi connectivity index (χ0v) is 15.6. The number of carbonyl (C=O) groups is 2. The molecule has 2 aromatic rings. The molecule has 0 fully saturated rings. The third kappa shape index (κ3) is 4.81. The van der Waals surface area contributed by atoms with E-state index < -0.39 is 18.6 Å². The summed E-state index contributed by atoms with van der Waals surface area (Å²) in [5.41, 5.74) is 1.11. The number of methoxy groups -OCH3 is 1. The lowest BCUT2D eigenvalue weighted by Crippen LogP contribution is -2.34. The van der Waals surface area contributed by atoms with Crippen LogP contribution in [0.25, 0.3) is 6.08 Å². The van der Waals surface area contributed by atoms with Gasteiger partial charge >= 0.3 is 6.61 Å². The number of alkyl halides is 2. The van der Waals surface area contributed by atoms with E-state index in [4.69, 9.17) is 9.47 Å². The van der Waals surface area contributed by atoms with Gasteiger partial charge in [0.2, 0.25) is 5.91 Å². The minimum Gasteiger partial charge on any atom is -0.493 e. The summed E-state index contributed by atoms with van der Waals surface area (Å²) in [7, 11) is 1.33. The number of benzene rings is 2. The first-order chi connectivity index (χ1) is 13.9. The summed E-state index contributed by atoms with van der Waals surface area (Å²) >= 11 is 0. The van der Waals surface area contributed by atoms with Crippen LogP contribution in [0, 0.1) is 0 Å². The van der Waals surface area contributed by atoms with Gasteiger partial charge in [-0.05, 0) is 37.3 Å². The average Bonchev–Trinajstić information content (AvgIpc) is 2.68. The molecule has 29 heavy (non-hydrogen) atoms. The largest absolute Gasteiger partial charge is 0.493 e. The van der Waals surface area contributed by atoms with Crippen LogP contribution < -0.4 is 24.8 Å². The molecule has 1 aliphatic rings. The molecule has 0 aliphatic carbocycles. The number of hydrogen-bond donors (Lipinski definition) is 2. The Morgan fingerprint density at radius 1 is 1.31 bits per heavy atom. The van der Waals surface area contributed by atoms with Crippen LogP contribution in [-0.4, -0.2) is 31.6 Å². The minimum atomic E-state index is -3.04. The van der Waals surface area contributed by atoms with Gasteiger partial charge in [0, 0.05) is 17.3 Å². The van der Waals surface area contributed by atoms with Gasteiger partial charge in [0.05, 0.1) is 12.8 Å². The van der Waals surface area contributed by atoms with Crippen LogP contribution in [0.3, 0.4) is 0 Å². The number of para-hydroxylation sites is 1. The normalized spacial score (nSPS) is 15.5. The molecular weight excluding hydrogens is 386 g/mol. The summed E-state index contributed by atoms with van der Waals surface area (Å²) in [6.45, 7) is -1.41. The quantitative estimate of drug-likeness (QED) is 0.718. The van der Waals surface area contributed by atoms with Crippen molar-refractivity contribution in [1.29, 1.82) is 0 Å². The third-order valence-corrected chi connectivity index (χ3v) is 4.03. The monoisotopic (exact) mass is 404 g/mol. The van der Waals surface area contributed by atoms with Crippen molar-refractivity contribution >= 4 is 29.3 Å². The Morgan fingerprint density at radius 2 is 2.10 bits per heavy atom. The summed E-state index contributed by atoms with van der Waals surface area (Å²) in [5, 5.41) is 5.31. The molecule has 0 bridgehead atoms. The van der Waals surface area contributed by atoms with E-state index in [-0.39, 0.29) is 23.0 Å². The third-order valence-electron chi connectivity index (χ3n) is 4.03. The zero-order valence-electron chi connectivity index (χ0n) is 15.6. The highest BCUT2D eigenvalue weighted by Gasteiger charge is 2.23. The predicted octanol–water partition coefficient (Wildman–Crippen LogP) is 3.67. The average molecular weight is 404 g/mol. The fourth-order valence-electron chi connectivity index (χ4n) is 2.68. The second kappa shape index (κ2) is 8.59. The molecule has 0 unspecified atom stereocenters. The number of carbonyl (C=O) groups excluding carboxylic acids is 2. The van der Waals surface area contributed by atoms with Crippen molar-refractivity contribution in [2.45, 2.75) is 19.6 Å². The maximum absolute atomic E-state index is 12.7. The smallest absolute Gasteiger partial charge is 0.387 e. The Kier molecular flexibility index (Phi) is 5.96. The van der Waals surface area contributed by atoms with Crippen LogP contribution in [0.5, 0.6) is 17.2 Å². The lowest BCUT2D eigenvalue weighted by molar-refractivity contribution is -0.122. The number of rotatable bonds is 6. The Labute approximate surface area is 165 Å². The molecule has 1 atom stereocenters. The van der Waals surface area contributed by atoms with Gasteiger partial charge in [-0.2, -0.15) is 8.78 Å². The SMILES string of the molecule is COc1cccc(/C=C/C(=O)Nc2ccc3c(c2)NC(=O)[C@@H](C)O3)c1OC(F)F. The molecule has 0 aromatic heterocycles. The highest BCUT2D eigenvalue weighted by atomic mass is 19.3. The van der Waals surface area contributed by atoms with E-state index in [1.165, 1.54) is 31.4 Å². The second-order valence-electron chi connectivity index (χ2n) is 6.04. The van der Waals surface area contributed by atoms with Crippen molar-refractivity contribution in [3.63, 3.8) is 0 Å². The van der Waals surface area contributed by atoms with Crippen molar-refractivity contribution in [1.82, 2.24) is 0 Å². The van der Waals surface area contributed by atoms with E-state index in [1.54, 1.807) is 31.2 Å². The molecule has 3 rings (SSSR count). The maximum Gasteiger partial charge on any atom is 0.387 e. The topological polar surface area (TPSA) is 85.9 Å². The molecule has 2 aromatic carbocycles. The molecule has 152 valence electrons. The van der Waals surface area contributed by atoms with E-state index in [0.717, 1.165) is 0 Å². The Morgan fingerprint density at radius 3 is 2.83 bits per heavy atom. The molecule has 1 heterocycles. The summed E-state index contributed by atoms with van der Waals surface area (Å²) in [6, 6.07) is 9.37. The van der Waals surface area contributed by atoms with Crippen LogP contribution in [0.1, 0.15) is 12.5 Å². The summed E-state index contributed by atoms with van der Waals surface area (Å²) in [5.74, 6) is -0.349. The fraction of sp³-hybridized carbons (Fsp3) is 0.200. The number of hydrogen-bond acceptors (Lipinski definition) is 5. The molecule has 0 saturated carbocycles. The molecule has 2 N–H and O–H groups in total. The summed E-state index contributed by atoms with van der Waals surface area (Å²) in [6.07, 6.45) is 1.91. The number of halogens is 2. The molecule has 2 amide bonds. The Balaban J connectivity index is 1.74. The highest BCUT2D eigenvalue weighted by Crippen LogP contribution is 2.34. The molecule has 9 heteroatoms. The Bertz CT molecular complexity index is 962. The van der Waals surface area contributed by atoms with Crippen molar-refractivity contribution < 1.29 is 32.6 Å². The van der Waals surface area contributed by atoms with E-state index >= 15 is 0 Å². The lowest BCUT2D eigenvalue weighted by Gasteiger charge is -2.23. The first-order valence-electron chi connectivity index (χ1n) is 8.60. The van der Waals surface area contributed by atoms with Gasteiger partial charge in [0.25, 0.3) is 5.91 Å². The number of fused-ring (bicyclic) bond motifs is 1. The van der Waals surface area contributed by atoms with Gasteiger partial charge in [-0.25, -0.2) is 0 Å². The lowest BCUT2D eigenvalue weighted by atomic mass is 10.1. The van der Waals surface area contributed by atoms with Crippen LogP contribution in [0.15, 0.2) is 42.5 Å². The molecule has 7 nitrogen and oxygen atoms in total. The predicted molar refractivity (Wildman–Crippen MR) is 102 cm³/mol. The van der Waals surface area contributed by atoms with Gasteiger partial charge in [-0.15, -0.1) is 0 Å². The molecule has 0 radical (unpaired) electrons. The van der Waals surface area contributed by atoms with Crippen LogP contribution in [-0.2, 0) is 9.59 Å². The van der Waals surface area contributed by atoms with E-state index in [9.17, 15) is 18.4 Å². The summed E-state index contributed by atoms with van der Waals surface area (Å²) in [4.78, 5) is 23.9. The van der Waals surface area contributed by atoms with Gasteiger partial charge < -0.3 is 24.8 Å². The molecule has 0 spiro atoms. The molecule has 1 aliphatic heterocycles. The van der Waals surface area contributed by atoms with Crippen LogP contribution in [0.4, 0.5) is 20.2 Å². The van der Waals surface area contributed by atoms with E-state index in [0.29, 0.717) is 17.1 Å². The van der Waals surface area contributed by atoms with Gasteiger partial charge in [-0.3, -0.25) is 9.59 Å². The van der Waals surface area contributed by atoms with Crippen LogP contribution in [0.2, 0.25) is 0 Å². The molecule has 0 saturated heterocycles. The van der Waals surface area contributed by atoms with Crippen molar-refractivity contribution in [3.05, 3.63) is 48.0 Å². The minimum absolute atomic E-state index is 0.118. The number of nitrogens with one attached hydrogen (secondary N) is 2. The van der Waals surface area contributed by atoms with Crippen molar-refractivity contribution in [2.24, 2.45) is 0 Å². The van der Waals surface area contributed by atoms with E-state index in [1.807, 2.05) is 0 Å². The first kappa shape index (κ1) is 20.1. The maximum atomic E-state index is 12.7. The van der Waals surface area contributed by atoms with E-state index in [2.05, 4.69) is 15.4 Å². The fourth-order valence-corrected chi connectivity index (χ4v) is 2.68. The van der Waals surface area contributed by atoms with Crippen LogP contribution >= 0.6 is 0 Å². The standard InChI is InChI=1S/C20H18F2N2O5/c1-11-19(26)24-14-10-13(7-8-15(14)28-11)23-17(25)9-6-12-4-3-5-16(27-2)18(12)29-20(21)22/h3-11,20H,1-2H3,(H,23,25)(H,24,26)/b9-6+/t11-/m1/s1. The van der Waals surface area contributed by atoms with Gasteiger partial charge in [0.15, 0.2) is 17.6 Å². The highest BCUT2D eigenvalue weighted by molar-refractivity contribution is 6.03. The number of ether oxygens (including phenoxy) is 3. The second-order valence-corrected chi connectivity index (χ2v) is 6.04. The number of anilines is 2. The Hall–Kier alpha value is -3.62. The zero-order chi connectivity index (χ0) is 21.0. The van der Waals surface area contributed by atoms with Crippen molar-refractivity contribution in [3.8, 4) is 17.2 Å². The summed E-state index contributed by atoms with van der Waals surface area (Å²) < 4.78 is 40.3. The number of amides is 2. The van der Waals surface area contributed by atoms with Gasteiger partial charge in [-0.1, -0.05) is 12.1 Å². The molecular formula is C20H18F2N2O5.